The number of carbonyl (C=O) groups excluding carboxylic acids is 2. The van der Waals surface area contributed by atoms with Gasteiger partial charge in [-0.25, -0.2) is 0 Å². The van der Waals surface area contributed by atoms with E-state index in [9.17, 15) is 9.59 Å². The molecule has 0 unspecified atom stereocenters. The maximum Gasteiger partial charge on any atom is 0.307 e. The Kier molecular flexibility index (Phi) is 5.07. The third-order valence-electron chi connectivity index (χ3n) is 5.26. The van der Waals surface area contributed by atoms with E-state index in [4.69, 9.17) is 4.74 Å². The van der Waals surface area contributed by atoms with E-state index >= 15 is 0 Å². The predicted molar refractivity (Wildman–Crippen MR) is 92.7 cm³/mol. The van der Waals surface area contributed by atoms with Gasteiger partial charge in [-0.1, -0.05) is 18.2 Å². The standard InChI is InChI=1S/C19H26N2O3/c1-21(15-8-3-2-4-9-15)13-7-12-20-18(23)16-14-17(22)24-19(16)10-5-6-11-19/h2-4,8-9,16H,5-7,10-14H2,1H3,(H,20,23)/t16-/m1/s1. The van der Waals surface area contributed by atoms with Gasteiger partial charge >= 0.3 is 5.97 Å². The summed E-state index contributed by atoms with van der Waals surface area (Å²) in [6.07, 6.45) is 4.83. The fourth-order valence-corrected chi connectivity index (χ4v) is 3.91. The molecular weight excluding hydrogens is 304 g/mol. The van der Waals surface area contributed by atoms with Crippen LogP contribution in [-0.4, -0.2) is 37.6 Å². The van der Waals surface area contributed by atoms with Gasteiger partial charge in [-0.05, 0) is 44.2 Å². The van der Waals surface area contributed by atoms with Crippen molar-refractivity contribution in [3.63, 3.8) is 0 Å². The second-order valence-electron chi connectivity index (χ2n) is 6.90. The average molecular weight is 330 g/mol. The Morgan fingerprint density at radius 1 is 1.29 bits per heavy atom. The van der Waals surface area contributed by atoms with Crippen molar-refractivity contribution >= 4 is 17.6 Å². The van der Waals surface area contributed by atoms with Crippen LogP contribution < -0.4 is 10.2 Å². The van der Waals surface area contributed by atoms with E-state index in [-0.39, 0.29) is 24.2 Å². The summed E-state index contributed by atoms with van der Waals surface area (Å²) in [5.74, 6) is -0.551. The largest absolute Gasteiger partial charge is 0.458 e. The van der Waals surface area contributed by atoms with Crippen molar-refractivity contribution in [1.82, 2.24) is 5.32 Å². The highest BCUT2D eigenvalue weighted by Gasteiger charge is 2.53. The summed E-state index contributed by atoms with van der Waals surface area (Å²) < 4.78 is 5.54. The van der Waals surface area contributed by atoms with E-state index in [1.165, 1.54) is 5.69 Å². The molecule has 0 radical (unpaired) electrons. The summed E-state index contributed by atoms with van der Waals surface area (Å²) in [6.45, 7) is 1.49. The zero-order chi connectivity index (χ0) is 17.0. The number of benzene rings is 1. The van der Waals surface area contributed by atoms with E-state index < -0.39 is 5.60 Å². The van der Waals surface area contributed by atoms with Crippen molar-refractivity contribution < 1.29 is 14.3 Å². The molecule has 24 heavy (non-hydrogen) atoms. The molecule has 1 aromatic rings. The third-order valence-corrected chi connectivity index (χ3v) is 5.26. The van der Waals surface area contributed by atoms with Gasteiger partial charge in [-0.2, -0.15) is 0 Å². The number of nitrogens with one attached hydrogen (secondary N) is 1. The van der Waals surface area contributed by atoms with Crippen LogP contribution in [0.5, 0.6) is 0 Å². The molecule has 1 heterocycles. The van der Waals surface area contributed by atoms with E-state index in [0.29, 0.717) is 6.54 Å². The molecule has 3 rings (SSSR count). The first-order valence-corrected chi connectivity index (χ1v) is 8.86. The number of para-hydroxylation sites is 1. The first-order valence-electron chi connectivity index (χ1n) is 8.86. The monoisotopic (exact) mass is 330 g/mol. The van der Waals surface area contributed by atoms with Crippen LogP contribution in [0.25, 0.3) is 0 Å². The number of carbonyl (C=O) groups is 2. The number of hydrogen-bond acceptors (Lipinski definition) is 4. The summed E-state index contributed by atoms with van der Waals surface area (Å²) in [5, 5.41) is 3.01. The van der Waals surface area contributed by atoms with Gasteiger partial charge < -0.3 is 15.0 Å². The zero-order valence-electron chi connectivity index (χ0n) is 14.3. The van der Waals surface area contributed by atoms with Crippen molar-refractivity contribution in [2.45, 2.75) is 44.1 Å². The maximum atomic E-state index is 12.5. The molecule has 1 N–H and O–H groups in total. The van der Waals surface area contributed by atoms with Gasteiger partial charge in [-0.3, -0.25) is 9.59 Å². The quantitative estimate of drug-likeness (QED) is 0.643. The molecular formula is C19H26N2O3. The normalized spacial score (nSPS) is 21.7. The molecule has 1 spiro atoms. The van der Waals surface area contributed by atoms with Crippen LogP contribution in [0.15, 0.2) is 30.3 Å². The molecule has 1 amide bonds. The van der Waals surface area contributed by atoms with Crippen molar-refractivity contribution in [3.8, 4) is 0 Å². The van der Waals surface area contributed by atoms with Crippen molar-refractivity contribution in [2.24, 2.45) is 5.92 Å². The first kappa shape index (κ1) is 16.8. The van der Waals surface area contributed by atoms with Gasteiger partial charge in [0.2, 0.25) is 5.91 Å². The number of hydrogen-bond donors (Lipinski definition) is 1. The first-order chi connectivity index (χ1) is 11.6. The van der Waals surface area contributed by atoms with Gasteiger partial charge in [0, 0.05) is 25.8 Å². The predicted octanol–water partition coefficient (Wildman–Crippen LogP) is 2.51. The summed E-state index contributed by atoms with van der Waals surface area (Å²) in [4.78, 5) is 26.4. The lowest BCUT2D eigenvalue weighted by atomic mass is 9.85. The van der Waals surface area contributed by atoms with E-state index in [0.717, 1.165) is 38.6 Å². The van der Waals surface area contributed by atoms with Crippen LogP contribution in [0.1, 0.15) is 38.5 Å². The van der Waals surface area contributed by atoms with Crippen molar-refractivity contribution in [3.05, 3.63) is 30.3 Å². The average Bonchev–Trinajstić information content (AvgIpc) is 3.19. The number of nitrogens with zero attached hydrogens (tertiary/aromatic N) is 1. The fraction of sp³-hybridized carbons (Fsp3) is 0.579. The molecule has 0 bridgehead atoms. The molecule has 1 saturated carbocycles. The minimum absolute atomic E-state index is 0.0230. The minimum atomic E-state index is -0.512. The Labute approximate surface area is 143 Å². The Bertz CT molecular complexity index is 582. The van der Waals surface area contributed by atoms with Gasteiger partial charge in [-0.15, -0.1) is 0 Å². The highest BCUT2D eigenvalue weighted by molar-refractivity contribution is 5.87. The van der Waals surface area contributed by atoms with Crippen LogP contribution >= 0.6 is 0 Å². The van der Waals surface area contributed by atoms with Crippen LogP contribution in [0.3, 0.4) is 0 Å². The number of amides is 1. The Morgan fingerprint density at radius 3 is 2.71 bits per heavy atom. The van der Waals surface area contributed by atoms with E-state index in [1.54, 1.807) is 0 Å². The highest BCUT2D eigenvalue weighted by Crippen LogP contribution is 2.45. The van der Waals surface area contributed by atoms with Crippen LogP contribution in [0.2, 0.25) is 0 Å². The molecule has 1 aromatic carbocycles. The van der Waals surface area contributed by atoms with E-state index in [1.807, 2.05) is 25.2 Å². The zero-order valence-corrected chi connectivity index (χ0v) is 14.3. The van der Waals surface area contributed by atoms with Gasteiger partial charge in [0.15, 0.2) is 0 Å². The molecule has 130 valence electrons. The van der Waals surface area contributed by atoms with Gasteiger partial charge in [0.05, 0.1) is 12.3 Å². The van der Waals surface area contributed by atoms with E-state index in [2.05, 4.69) is 22.3 Å². The molecule has 1 atom stereocenters. The molecule has 5 nitrogen and oxygen atoms in total. The second-order valence-corrected chi connectivity index (χ2v) is 6.90. The summed E-state index contributed by atoms with van der Waals surface area (Å²) >= 11 is 0. The molecule has 2 fully saturated rings. The van der Waals surface area contributed by atoms with Crippen LogP contribution in [0, 0.1) is 5.92 Å². The number of esters is 1. The van der Waals surface area contributed by atoms with Crippen molar-refractivity contribution in [1.29, 1.82) is 0 Å². The van der Waals surface area contributed by atoms with Gasteiger partial charge in [0.1, 0.15) is 5.60 Å². The lowest BCUT2D eigenvalue weighted by Gasteiger charge is -2.28. The van der Waals surface area contributed by atoms with Crippen molar-refractivity contribution in [2.75, 3.05) is 25.0 Å². The molecule has 0 aromatic heterocycles. The van der Waals surface area contributed by atoms with Gasteiger partial charge in [0.25, 0.3) is 0 Å². The second kappa shape index (κ2) is 7.24. The number of rotatable bonds is 6. The SMILES string of the molecule is CN(CCCNC(=O)[C@H]1CC(=O)OC12CCCC2)c1ccccc1. The summed E-state index contributed by atoms with van der Waals surface area (Å²) in [7, 11) is 2.05. The fourth-order valence-electron chi connectivity index (χ4n) is 3.91. The Morgan fingerprint density at radius 2 is 2.00 bits per heavy atom. The lowest BCUT2D eigenvalue weighted by Crippen LogP contribution is -2.43. The highest BCUT2D eigenvalue weighted by atomic mass is 16.6. The van der Waals surface area contributed by atoms with Crippen LogP contribution in [0.4, 0.5) is 5.69 Å². The molecule has 2 aliphatic rings. The Hall–Kier alpha value is -2.04. The number of ether oxygens (including phenoxy) is 1. The Balaban J connectivity index is 1.45. The van der Waals surface area contributed by atoms with Crippen LogP contribution in [-0.2, 0) is 14.3 Å². The molecule has 1 aliphatic heterocycles. The minimum Gasteiger partial charge on any atom is -0.458 e. The lowest BCUT2D eigenvalue weighted by molar-refractivity contribution is -0.149. The summed E-state index contributed by atoms with van der Waals surface area (Å²) in [5.41, 5.74) is 0.658. The molecule has 5 heteroatoms. The summed E-state index contributed by atoms with van der Waals surface area (Å²) in [6, 6.07) is 10.2. The molecule has 1 aliphatic carbocycles. The topological polar surface area (TPSA) is 58.6 Å². The smallest absolute Gasteiger partial charge is 0.307 e. The third kappa shape index (κ3) is 3.55. The number of anilines is 1. The maximum absolute atomic E-state index is 12.5. The molecule has 1 saturated heterocycles.